The lowest BCUT2D eigenvalue weighted by Crippen LogP contribution is -2.49. The highest BCUT2D eigenvalue weighted by atomic mass is 35.5. The van der Waals surface area contributed by atoms with E-state index in [1.54, 1.807) is 0 Å². The van der Waals surface area contributed by atoms with Crippen LogP contribution in [-0.2, 0) is 0 Å². The number of nitrogens with one attached hydrogen (secondary N) is 1. The summed E-state index contributed by atoms with van der Waals surface area (Å²) in [6.07, 6.45) is 2.79. The molecule has 6 heteroatoms. The van der Waals surface area contributed by atoms with E-state index >= 15 is 0 Å². The topological polar surface area (TPSA) is 18.5 Å². The number of fused-ring (bicyclic) bond motifs is 2. The van der Waals surface area contributed by atoms with Crippen molar-refractivity contribution >= 4 is 37.2 Å². The predicted molar refractivity (Wildman–Crippen MR) is 74.5 cm³/mol. The van der Waals surface area contributed by atoms with Crippen molar-refractivity contribution in [2.45, 2.75) is 31.0 Å². The van der Waals surface area contributed by atoms with Crippen LogP contribution >= 0.6 is 37.2 Å². The zero-order chi connectivity index (χ0) is 8.84. The van der Waals surface area contributed by atoms with Gasteiger partial charge in [0.25, 0.3) is 0 Å². The highest BCUT2D eigenvalue weighted by Gasteiger charge is 2.44. The van der Waals surface area contributed by atoms with E-state index in [1.807, 2.05) is 0 Å². The summed E-state index contributed by atoms with van der Waals surface area (Å²) in [5, 5.41) is 3.46. The minimum atomic E-state index is 0. The lowest BCUT2D eigenvalue weighted by Gasteiger charge is -2.35. The average Bonchev–Trinajstić information content (AvgIpc) is 2.75. The molecule has 0 aromatic carbocycles. The Balaban J connectivity index is 0.000000750. The maximum absolute atomic E-state index is 3.46. The van der Waals surface area contributed by atoms with Gasteiger partial charge in [0.1, 0.15) is 0 Å². The minimum absolute atomic E-state index is 0. The molecule has 0 radical (unpaired) electrons. The molecule has 1 N–H and O–H groups in total. The van der Waals surface area contributed by atoms with Crippen LogP contribution in [0.2, 0.25) is 0 Å². The van der Waals surface area contributed by atoms with Gasteiger partial charge in [-0.25, -0.2) is 0 Å². The fraction of sp³-hybridized carbons (Fsp3) is 1.00. The quantitative estimate of drug-likeness (QED) is 0.777. The Hall–Kier alpha value is 0.750. The highest BCUT2D eigenvalue weighted by molar-refractivity contribution is 5.86. The molecule has 0 amide bonds. The first-order chi connectivity index (χ1) is 6.34. The van der Waals surface area contributed by atoms with Crippen LogP contribution in [-0.4, -0.2) is 61.2 Å². The molecule has 3 nitrogen and oxygen atoms in total. The molecule has 0 aromatic heterocycles. The summed E-state index contributed by atoms with van der Waals surface area (Å²) in [5.41, 5.74) is 0. The number of halogens is 3. The van der Waals surface area contributed by atoms with E-state index in [4.69, 9.17) is 0 Å². The van der Waals surface area contributed by atoms with Crippen LogP contribution in [0.25, 0.3) is 0 Å². The molecule has 0 spiro atoms. The Morgan fingerprint density at radius 3 is 2.19 bits per heavy atom. The van der Waals surface area contributed by atoms with Crippen LogP contribution < -0.4 is 5.32 Å². The fourth-order valence-electron chi connectivity index (χ4n) is 3.27. The maximum atomic E-state index is 3.46. The molecule has 0 aromatic rings. The summed E-state index contributed by atoms with van der Waals surface area (Å²) in [5.74, 6) is 0. The third-order valence-corrected chi connectivity index (χ3v) is 4.06. The van der Waals surface area contributed by atoms with Gasteiger partial charge in [-0.05, 0) is 26.4 Å². The van der Waals surface area contributed by atoms with Gasteiger partial charge in [0.15, 0.2) is 0 Å². The molecule has 3 aliphatic heterocycles. The van der Waals surface area contributed by atoms with E-state index in [2.05, 4.69) is 22.2 Å². The highest BCUT2D eigenvalue weighted by Crippen LogP contribution is 2.31. The molecule has 0 saturated carbocycles. The SMILES string of the molecule is CN1C[C@H]2C[C@@H]1CN2[C@@H]1CCNC1.Cl.Cl.Cl. The largest absolute Gasteiger partial charge is 0.315 e. The van der Waals surface area contributed by atoms with Gasteiger partial charge in [-0.1, -0.05) is 0 Å². The van der Waals surface area contributed by atoms with Gasteiger partial charge in [-0.15, -0.1) is 37.2 Å². The van der Waals surface area contributed by atoms with Crippen molar-refractivity contribution in [2.24, 2.45) is 0 Å². The normalized spacial score (nSPS) is 37.7. The molecule has 3 fully saturated rings. The molecule has 0 aliphatic carbocycles. The summed E-state index contributed by atoms with van der Waals surface area (Å²) in [6, 6.07) is 2.59. The Kier molecular flexibility index (Phi) is 6.93. The van der Waals surface area contributed by atoms with Gasteiger partial charge < -0.3 is 10.2 Å². The van der Waals surface area contributed by atoms with Crippen molar-refractivity contribution in [3.8, 4) is 0 Å². The second-order valence-electron chi connectivity index (χ2n) is 4.83. The standard InChI is InChI=1S/C10H19N3.3ClH/c1-12-6-10-4-9(12)7-13(10)8-2-3-11-5-8;;;/h8-11H,2-7H2,1H3;3*1H/t8-,9-,10-;;;/m1.../s1. The molecular weight excluding hydrogens is 268 g/mol. The summed E-state index contributed by atoms with van der Waals surface area (Å²) < 4.78 is 0. The van der Waals surface area contributed by atoms with Crippen LogP contribution in [0.3, 0.4) is 0 Å². The number of likely N-dealkylation sites (N-methyl/N-ethyl adjacent to an activating group) is 1. The second kappa shape index (κ2) is 6.62. The van der Waals surface area contributed by atoms with Crippen molar-refractivity contribution in [1.82, 2.24) is 15.1 Å². The summed E-state index contributed by atoms with van der Waals surface area (Å²) >= 11 is 0. The van der Waals surface area contributed by atoms with Gasteiger partial charge in [-0.3, -0.25) is 4.90 Å². The first kappa shape index (κ1) is 16.8. The van der Waals surface area contributed by atoms with Gasteiger partial charge in [0.05, 0.1) is 0 Å². The van der Waals surface area contributed by atoms with E-state index in [9.17, 15) is 0 Å². The number of hydrogen-bond donors (Lipinski definition) is 1. The minimum Gasteiger partial charge on any atom is -0.315 e. The lowest BCUT2D eigenvalue weighted by molar-refractivity contribution is 0.114. The number of nitrogens with zero attached hydrogens (tertiary/aromatic N) is 2. The Morgan fingerprint density at radius 2 is 1.75 bits per heavy atom. The predicted octanol–water partition coefficient (Wildman–Crippen LogP) is 1.00. The van der Waals surface area contributed by atoms with Crippen molar-refractivity contribution in [3.05, 3.63) is 0 Å². The van der Waals surface area contributed by atoms with Crippen LogP contribution in [0.4, 0.5) is 0 Å². The van der Waals surface area contributed by atoms with Crippen molar-refractivity contribution < 1.29 is 0 Å². The van der Waals surface area contributed by atoms with E-state index in [0.717, 1.165) is 18.1 Å². The number of rotatable bonds is 1. The Labute approximate surface area is 117 Å². The van der Waals surface area contributed by atoms with Crippen molar-refractivity contribution in [2.75, 3.05) is 33.2 Å². The van der Waals surface area contributed by atoms with Crippen molar-refractivity contribution in [3.63, 3.8) is 0 Å². The smallest absolute Gasteiger partial charge is 0.0242 e. The molecule has 16 heavy (non-hydrogen) atoms. The molecule has 0 unspecified atom stereocenters. The zero-order valence-electron chi connectivity index (χ0n) is 9.59. The first-order valence-electron chi connectivity index (χ1n) is 5.51. The average molecular weight is 291 g/mol. The lowest BCUT2D eigenvalue weighted by atomic mass is 10.2. The molecule has 3 heterocycles. The second-order valence-corrected chi connectivity index (χ2v) is 4.83. The van der Waals surface area contributed by atoms with Crippen LogP contribution in [0.1, 0.15) is 12.8 Å². The molecule has 98 valence electrons. The van der Waals surface area contributed by atoms with Crippen LogP contribution in [0.5, 0.6) is 0 Å². The van der Waals surface area contributed by atoms with Crippen LogP contribution in [0, 0.1) is 0 Å². The maximum Gasteiger partial charge on any atom is 0.0242 e. The molecule has 3 saturated heterocycles. The van der Waals surface area contributed by atoms with Gasteiger partial charge >= 0.3 is 0 Å². The summed E-state index contributed by atoms with van der Waals surface area (Å²) in [4.78, 5) is 5.29. The van der Waals surface area contributed by atoms with Crippen molar-refractivity contribution in [1.29, 1.82) is 0 Å². The fourth-order valence-corrected chi connectivity index (χ4v) is 3.27. The third kappa shape index (κ3) is 2.77. The number of piperazine rings is 1. The van der Waals surface area contributed by atoms with E-state index < -0.39 is 0 Å². The molecule has 3 rings (SSSR count). The molecule has 2 bridgehead atoms. The van der Waals surface area contributed by atoms with E-state index in [1.165, 1.54) is 39.0 Å². The summed E-state index contributed by atoms with van der Waals surface area (Å²) in [7, 11) is 2.27. The number of hydrogen-bond acceptors (Lipinski definition) is 3. The monoisotopic (exact) mass is 289 g/mol. The van der Waals surface area contributed by atoms with Gasteiger partial charge in [0, 0.05) is 37.8 Å². The third-order valence-electron chi connectivity index (χ3n) is 4.06. The number of likely N-dealkylation sites (tertiary alicyclic amines) is 2. The molecular formula is C10H22Cl3N3. The van der Waals surface area contributed by atoms with E-state index in [-0.39, 0.29) is 37.2 Å². The summed E-state index contributed by atoms with van der Waals surface area (Å²) in [6.45, 7) is 5.09. The molecule has 3 aliphatic rings. The zero-order valence-corrected chi connectivity index (χ0v) is 12.0. The van der Waals surface area contributed by atoms with Gasteiger partial charge in [0.2, 0.25) is 0 Å². The van der Waals surface area contributed by atoms with Crippen LogP contribution in [0.15, 0.2) is 0 Å². The Bertz CT molecular complexity index is 209. The molecule has 3 atom stereocenters. The van der Waals surface area contributed by atoms with E-state index in [0.29, 0.717) is 0 Å². The van der Waals surface area contributed by atoms with Gasteiger partial charge in [-0.2, -0.15) is 0 Å². The Morgan fingerprint density at radius 1 is 1.00 bits per heavy atom. The first-order valence-corrected chi connectivity index (χ1v) is 5.51.